The van der Waals surface area contributed by atoms with Gasteiger partial charge < -0.3 is 15.8 Å². The molecule has 0 unspecified atom stereocenters. The molecule has 1 aromatic carbocycles. The van der Waals surface area contributed by atoms with E-state index in [0.717, 1.165) is 55.9 Å². The molecule has 0 atom stereocenters. The number of allylic oxidation sites excluding steroid dienone is 3. The van der Waals surface area contributed by atoms with Crippen molar-refractivity contribution < 1.29 is 9.50 Å². The van der Waals surface area contributed by atoms with Crippen LogP contribution in [0.5, 0.6) is 5.75 Å². The summed E-state index contributed by atoms with van der Waals surface area (Å²) in [5.74, 6) is -0.206. The molecule has 7 nitrogen and oxygen atoms in total. The molecule has 1 aliphatic rings. The first kappa shape index (κ1) is 20.9. The van der Waals surface area contributed by atoms with E-state index in [4.69, 9.17) is 10.8 Å². The van der Waals surface area contributed by atoms with E-state index in [1.165, 1.54) is 18.3 Å². The Labute approximate surface area is 200 Å². The second kappa shape index (κ2) is 7.95. The van der Waals surface area contributed by atoms with Gasteiger partial charge in [-0.25, -0.2) is 14.1 Å². The average molecular weight is 465 g/mol. The summed E-state index contributed by atoms with van der Waals surface area (Å²) in [5.41, 5.74) is 14.3. The van der Waals surface area contributed by atoms with Crippen molar-refractivity contribution in [3.8, 4) is 28.3 Å². The first-order valence-electron chi connectivity index (χ1n) is 11.1. The van der Waals surface area contributed by atoms with Crippen LogP contribution in [0, 0.1) is 5.82 Å². The zero-order valence-electron chi connectivity index (χ0n) is 18.8. The Morgan fingerprint density at radius 3 is 2.71 bits per heavy atom. The normalized spacial score (nSPS) is 13.3. The molecule has 0 bridgehead atoms. The van der Waals surface area contributed by atoms with E-state index in [1.807, 2.05) is 37.4 Å². The van der Waals surface area contributed by atoms with Gasteiger partial charge in [-0.2, -0.15) is 5.10 Å². The van der Waals surface area contributed by atoms with Gasteiger partial charge in [-0.05, 0) is 47.5 Å². The first-order chi connectivity index (χ1) is 17.0. The fraction of sp³-hybridized carbons (Fsp3) is 0.0741. The number of aryl methyl sites for hydroxylation is 1. The molecule has 0 radical (unpaired) electrons. The highest BCUT2D eigenvalue weighted by Crippen LogP contribution is 2.36. The molecule has 172 valence electrons. The maximum atomic E-state index is 14.0. The summed E-state index contributed by atoms with van der Waals surface area (Å²) in [6.45, 7) is 0. The number of rotatable bonds is 3. The van der Waals surface area contributed by atoms with Crippen LogP contribution in [-0.4, -0.2) is 29.8 Å². The quantitative estimate of drug-likeness (QED) is 0.359. The lowest BCUT2D eigenvalue weighted by atomic mass is 9.97. The zero-order chi connectivity index (χ0) is 24.1. The van der Waals surface area contributed by atoms with Gasteiger partial charge in [0.25, 0.3) is 0 Å². The molecule has 5 aromatic rings. The Bertz CT molecular complexity index is 1680. The largest absolute Gasteiger partial charge is 0.506 e. The molecule has 6 rings (SSSR count). The van der Waals surface area contributed by atoms with Crippen molar-refractivity contribution in [2.45, 2.75) is 6.42 Å². The highest BCUT2D eigenvalue weighted by molar-refractivity contribution is 5.94. The van der Waals surface area contributed by atoms with Gasteiger partial charge in [-0.1, -0.05) is 18.2 Å². The molecular formula is C27H21FN6O. The van der Waals surface area contributed by atoms with Gasteiger partial charge in [0.05, 0.1) is 11.9 Å². The van der Waals surface area contributed by atoms with Crippen molar-refractivity contribution >= 4 is 16.6 Å². The Kier molecular flexibility index (Phi) is 4.74. The zero-order valence-corrected chi connectivity index (χ0v) is 18.8. The van der Waals surface area contributed by atoms with Gasteiger partial charge in [0.2, 0.25) is 0 Å². The van der Waals surface area contributed by atoms with Gasteiger partial charge >= 0.3 is 0 Å². The van der Waals surface area contributed by atoms with Crippen LogP contribution in [0.2, 0.25) is 0 Å². The number of pyridine rings is 2. The van der Waals surface area contributed by atoms with E-state index >= 15 is 0 Å². The topological polar surface area (TPSA) is 106 Å². The third-order valence-electron chi connectivity index (χ3n) is 6.16. The molecule has 4 aromatic heterocycles. The first-order valence-corrected chi connectivity index (χ1v) is 11.1. The van der Waals surface area contributed by atoms with Gasteiger partial charge in [0.15, 0.2) is 5.65 Å². The van der Waals surface area contributed by atoms with Crippen LogP contribution in [0.3, 0.4) is 0 Å². The van der Waals surface area contributed by atoms with Crippen LogP contribution in [0.15, 0.2) is 78.9 Å². The molecule has 0 fully saturated rings. The summed E-state index contributed by atoms with van der Waals surface area (Å²) in [7, 11) is 1.85. The van der Waals surface area contributed by atoms with Crippen molar-refractivity contribution in [2.75, 3.05) is 0 Å². The summed E-state index contributed by atoms with van der Waals surface area (Å²) in [5, 5.41) is 15.4. The van der Waals surface area contributed by atoms with Crippen LogP contribution in [0.4, 0.5) is 4.39 Å². The van der Waals surface area contributed by atoms with E-state index < -0.39 is 0 Å². The minimum absolute atomic E-state index is 0.0874. The summed E-state index contributed by atoms with van der Waals surface area (Å²) in [4.78, 5) is 12.2. The molecule has 0 saturated carbocycles. The third-order valence-corrected chi connectivity index (χ3v) is 6.16. The molecule has 35 heavy (non-hydrogen) atoms. The SMILES string of the molecule is Cn1nc(-c2cc3c([nH]2)CC(N)=CC=C3c2cccc(F)c2)c2cc(-c3cncc(O)c3)cnc21. The molecule has 4 heterocycles. The highest BCUT2D eigenvalue weighted by atomic mass is 19.1. The van der Waals surface area contributed by atoms with Gasteiger partial charge in [-0.3, -0.25) is 4.98 Å². The number of H-pyrrole nitrogens is 1. The second-order valence-corrected chi connectivity index (χ2v) is 8.58. The monoisotopic (exact) mass is 464 g/mol. The number of aromatic nitrogens is 5. The summed E-state index contributed by atoms with van der Waals surface area (Å²) < 4.78 is 15.7. The van der Waals surface area contributed by atoms with E-state index in [-0.39, 0.29) is 11.6 Å². The lowest BCUT2D eigenvalue weighted by molar-refractivity contribution is 0.473. The van der Waals surface area contributed by atoms with Crippen molar-refractivity contribution in [3.63, 3.8) is 0 Å². The number of hydrogen-bond acceptors (Lipinski definition) is 5. The number of nitrogens with one attached hydrogen (secondary N) is 1. The number of hydrogen-bond donors (Lipinski definition) is 3. The molecule has 0 aliphatic heterocycles. The molecule has 0 amide bonds. The number of halogens is 1. The number of nitrogens with zero attached hydrogens (tertiary/aromatic N) is 4. The van der Waals surface area contributed by atoms with Crippen LogP contribution in [-0.2, 0) is 13.5 Å². The van der Waals surface area contributed by atoms with Gasteiger partial charge in [0, 0.05) is 59.3 Å². The van der Waals surface area contributed by atoms with Gasteiger partial charge in [-0.15, -0.1) is 0 Å². The van der Waals surface area contributed by atoms with E-state index in [9.17, 15) is 9.50 Å². The lowest BCUT2D eigenvalue weighted by Crippen LogP contribution is -2.01. The Balaban J connectivity index is 1.51. The standard InChI is InChI=1S/C27H21FN6O/c1-34-27-23(9-17(13-31-27)16-8-20(35)14-30-12-16)26(33-34)25-11-22-21(15-3-2-4-18(28)7-15)6-5-19(29)10-24(22)32-25/h2-9,11-14,32,35H,10,29H2,1H3. The van der Waals surface area contributed by atoms with Crippen molar-refractivity contribution in [2.24, 2.45) is 12.8 Å². The van der Waals surface area contributed by atoms with E-state index in [0.29, 0.717) is 12.1 Å². The van der Waals surface area contributed by atoms with Crippen LogP contribution < -0.4 is 5.73 Å². The molecule has 0 spiro atoms. The Hall–Kier alpha value is -4.72. The molecule has 4 N–H and O–H groups in total. The molecule has 8 heteroatoms. The number of fused-ring (bicyclic) bond motifs is 2. The second-order valence-electron chi connectivity index (χ2n) is 8.58. The van der Waals surface area contributed by atoms with E-state index in [2.05, 4.69) is 15.0 Å². The number of benzene rings is 1. The number of aromatic amines is 1. The molecule has 1 aliphatic carbocycles. The molecule has 0 saturated heterocycles. The van der Waals surface area contributed by atoms with Crippen molar-refractivity contribution in [3.05, 3.63) is 102 Å². The van der Waals surface area contributed by atoms with Crippen molar-refractivity contribution in [1.29, 1.82) is 0 Å². The number of nitrogens with two attached hydrogens (primary N) is 1. The fourth-order valence-corrected chi connectivity index (χ4v) is 4.54. The Morgan fingerprint density at radius 2 is 1.89 bits per heavy atom. The average Bonchev–Trinajstić information content (AvgIpc) is 3.35. The maximum Gasteiger partial charge on any atom is 0.158 e. The molecular weight excluding hydrogens is 443 g/mol. The van der Waals surface area contributed by atoms with Crippen LogP contribution >= 0.6 is 0 Å². The fourth-order valence-electron chi connectivity index (χ4n) is 4.54. The van der Waals surface area contributed by atoms with E-state index in [1.54, 1.807) is 29.2 Å². The lowest BCUT2D eigenvalue weighted by Gasteiger charge is -2.07. The minimum atomic E-state index is -0.294. The number of aromatic hydroxyl groups is 1. The highest BCUT2D eigenvalue weighted by Gasteiger charge is 2.21. The van der Waals surface area contributed by atoms with Gasteiger partial charge in [0.1, 0.15) is 17.3 Å². The van der Waals surface area contributed by atoms with Crippen LogP contribution in [0.25, 0.3) is 39.1 Å². The summed E-state index contributed by atoms with van der Waals surface area (Å²) in [6, 6.07) is 12.2. The Morgan fingerprint density at radius 1 is 1.03 bits per heavy atom. The van der Waals surface area contributed by atoms with Crippen molar-refractivity contribution in [1.82, 2.24) is 24.7 Å². The third kappa shape index (κ3) is 3.65. The summed E-state index contributed by atoms with van der Waals surface area (Å²) >= 11 is 0. The van der Waals surface area contributed by atoms with Crippen LogP contribution in [0.1, 0.15) is 16.8 Å². The predicted octanol–water partition coefficient (Wildman–Crippen LogP) is 4.70. The minimum Gasteiger partial charge on any atom is -0.506 e. The predicted molar refractivity (Wildman–Crippen MR) is 133 cm³/mol. The smallest absolute Gasteiger partial charge is 0.158 e. The summed E-state index contributed by atoms with van der Waals surface area (Å²) in [6.07, 6.45) is 9.14. The maximum absolute atomic E-state index is 14.0.